The Bertz CT molecular complexity index is 728. The fourth-order valence-corrected chi connectivity index (χ4v) is 3.38. The van der Waals surface area contributed by atoms with Crippen LogP contribution in [0.5, 0.6) is 5.75 Å². The number of nitrogens with zero attached hydrogens (tertiary/aromatic N) is 2. The summed E-state index contributed by atoms with van der Waals surface area (Å²) in [6, 6.07) is 9.51. The Morgan fingerprint density at radius 1 is 1.35 bits per heavy atom. The van der Waals surface area contributed by atoms with E-state index in [4.69, 9.17) is 19.1 Å². The van der Waals surface area contributed by atoms with Crippen LogP contribution in [0.1, 0.15) is 17.0 Å². The van der Waals surface area contributed by atoms with E-state index in [9.17, 15) is 4.79 Å². The number of carboxylic acid groups (broad SMARTS) is 1. The van der Waals surface area contributed by atoms with Crippen molar-refractivity contribution in [3.63, 3.8) is 0 Å². The average molecular weight is 360 g/mol. The van der Waals surface area contributed by atoms with E-state index in [1.54, 1.807) is 19.2 Å². The van der Waals surface area contributed by atoms with Crippen molar-refractivity contribution in [1.82, 2.24) is 10.1 Å². The molecule has 0 radical (unpaired) electrons. The maximum atomic E-state index is 10.5. The quantitative estimate of drug-likeness (QED) is 0.772. The molecule has 0 amide bonds. The van der Waals surface area contributed by atoms with Crippen molar-refractivity contribution in [2.45, 2.75) is 26.0 Å². The molecular weight excluding hydrogens is 336 g/mol. The van der Waals surface area contributed by atoms with Crippen molar-refractivity contribution in [2.24, 2.45) is 5.92 Å². The Balaban J connectivity index is 1.55. The first kappa shape index (κ1) is 18.4. The van der Waals surface area contributed by atoms with Gasteiger partial charge >= 0.3 is 5.97 Å². The lowest BCUT2D eigenvalue weighted by molar-refractivity contribution is -0.139. The highest BCUT2D eigenvalue weighted by atomic mass is 16.5. The summed E-state index contributed by atoms with van der Waals surface area (Å²) in [7, 11) is 1.75. The third kappa shape index (κ3) is 4.83. The van der Waals surface area contributed by atoms with E-state index in [1.807, 2.05) is 25.1 Å². The fourth-order valence-electron chi connectivity index (χ4n) is 3.38. The van der Waals surface area contributed by atoms with E-state index in [-0.39, 0.29) is 12.7 Å². The van der Waals surface area contributed by atoms with Crippen molar-refractivity contribution >= 4 is 5.97 Å². The predicted octanol–water partition coefficient (Wildman–Crippen LogP) is 2.14. The summed E-state index contributed by atoms with van der Waals surface area (Å²) in [5.74, 6) is 0.845. The number of aryl methyl sites for hydroxylation is 1. The van der Waals surface area contributed by atoms with Crippen LogP contribution >= 0.6 is 0 Å². The van der Waals surface area contributed by atoms with E-state index in [1.165, 1.54) is 0 Å². The molecule has 2 aromatic rings. The number of aromatic nitrogens is 1. The van der Waals surface area contributed by atoms with Gasteiger partial charge in [0, 0.05) is 45.1 Å². The number of carbonyl (C=O) groups is 1. The smallest absolute Gasteiger partial charge is 0.341 e. The number of carboxylic acids is 1. The van der Waals surface area contributed by atoms with E-state index < -0.39 is 5.97 Å². The molecule has 1 aliphatic rings. The first-order valence-electron chi connectivity index (χ1n) is 8.64. The summed E-state index contributed by atoms with van der Waals surface area (Å²) >= 11 is 0. The van der Waals surface area contributed by atoms with Gasteiger partial charge in [-0.3, -0.25) is 4.90 Å². The van der Waals surface area contributed by atoms with Gasteiger partial charge in [0.05, 0.1) is 11.8 Å². The molecule has 1 aromatic heterocycles. The van der Waals surface area contributed by atoms with Gasteiger partial charge in [0.1, 0.15) is 11.5 Å². The van der Waals surface area contributed by atoms with Crippen LogP contribution in [0.4, 0.5) is 0 Å². The number of aliphatic carboxylic acids is 1. The molecule has 2 heterocycles. The largest absolute Gasteiger partial charge is 0.482 e. The van der Waals surface area contributed by atoms with Crippen molar-refractivity contribution in [3.8, 4) is 5.75 Å². The van der Waals surface area contributed by atoms with Gasteiger partial charge in [0.15, 0.2) is 6.61 Å². The summed E-state index contributed by atoms with van der Waals surface area (Å²) in [6.07, 6.45) is 0.983. The fraction of sp³-hybridized carbons (Fsp3) is 0.474. The standard InChI is InChI=1S/C19H24N2O5/c1-13-7-17(26-20-13)8-15-10-21(11-18(15)24-2)9-14-3-5-16(6-4-14)25-12-19(22)23/h3-7,15,18H,8-12H2,1-2H3,(H,22,23)/t15-,18+/m1/s1. The Morgan fingerprint density at radius 2 is 2.12 bits per heavy atom. The number of hydrogen-bond acceptors (Lipinski definition) is 6. The zero-order valence-electron chi connectivity index (χ0n) is 15.1. The van der Waals surface area contributed by atoms with Gasteiger partial charge in [0.25, 0.3) is 0 Å². The number of rotatable bonds is 8. The Hall–Kier alpha value is -2.38. The summed E-state index contributed by atoms with van der Waals surface area (Å²) in [5, 5.41) is 12.6. The normalized spacial score (nSPS) is 20.4. The van der Waals surface area contributed by atoms with Crippen LogP contribution in [0.3, 0.4) is 0 Å². The lowest BCUT2D eigenvalue weighted by atomic mass is 10.0. The second-order valence-corrected chi connectivity index (χ2v) is 6.69. The molecule has 7 nitrogen and oxygen atoms in total. The zero-order valence-corrected chi connectivity index (χ0v) is 15.1. The number of hydrogen-bond donors (Lipinski definition) is 1. The molecule has 1 aromatic carbocycles. The molecule has 3 rings (SSSR count). The van der Waals surface area contributed by atoms with Crippen LogP contribution in [0, 0.1) is 12.8 Å². The van der Waals surface area contributed by atoms with Gasteiger partial charge in [-0.15, -0.1) is 0 Å². The van der Waals surface area contributed by atoms with Gasteiger partial charge in [-0.25, -0.2) is 4.79 Å². The Kier molecular flexibility index (Phi) is 5.90. The van der Waals surface area contributed by atoms with E-state index in [2.05, 4.69) is 10.1 Å². The van der Waals surface area contributed by atoms with Crippen molar-refractivity contribution in [3.05, 3.63) is 47.3 Å². The molecule has 26 heavy (non-hydrogen) atoms. The molecule has 0 unspecified atom stereocenters. The molecule has 1 aliphatic heterocycles. The number of benzene rings is 1. The molecule has 140 valence electrons. The number of methoxy groups -OCH3 is 1. The second-order valence-electron chi connectivity index (χ2n) is 6.69. The van der Waals surface area contributed by atoms with Crippen molar-refractivity contribution in [1.29, 1.82) is 0 Å². The van der Waals surface area contributed by atoms with Gasteiger partial charge < -0.3 is 19.1 Å². The van der Waals surface area contributed by atoms with E-state index in [0.29, 0.717) is 11.7 Å². The highest BCUT2D eigenvalue weighted by Gasteiger charge is 2.33. The Morgan fingerprint density at radius 3 is 2.73 bits per heavy atom. The third-order valence-corrected chi connectivity index (χ3v) is 4.59. The van der Waals surface area contributed by atoms with Crippen LogP contribution in [-0.2, 0) is 22.5 Å². The van der Waals surface area contributed by atoms with E-state index in [0.717, 1.165) is 43.1 Å². The minimum absolute atomic E-state index is 0.165. The van der Waals surface area contributed by atoms with Crippen LogP contribution in [0.25, 0.3) is 0 Å². The SMILES string of the molecule is CO[C@H]1CN(Cc2ccc(OCC(=O)O)cc2)C[C@H]1Cc1cc(C)no1. The minimum Gasteiger partial charge on any atom is -0.482 e. The molecular formula is C19H24N2O5. The molecule has 1 fully saturated rings. The summed E-state index contributed by atoms with van der Waals surface area (Å²) in [6.45, 7) is 4.20. The first-order chi connectivity index (χ1) is 12.5. The molecule has 0 saturated carbocycles. The van der Waals surface area contributed by atoms with Crippen LogP contribution < -0.4 is 4.74 Å². The van der Waals surface area contributed by atoms with Crippen LogP contribution in [-0.4, -0.2) is 54.0 Å². The molecule has 1 saturated heterocycles. The molecule has 2 atom stereocenters. The van der Waals surface area contributed by atoms with Gasteiger partial charge in [-0.05, 0) is 24.6 Å². The minimum atomic E-state index is -0.982. The number of likely N-dealkylation sites (tertiary alicyclic amines) is 1. The van der Waals surface area contributed by atoms with Gasteiger partial charge in [0.2, 0.25) is 0 Å². The third-order valence-electron chi connectivity index (χ3n) is 4.59. The predicted molar refractivity (Wildman–Crippen MR) is 94.1 cm³/mol. The number of ether oxygens (including phenoxy) is 2. The highest BCUT2D eigenvalue weighted by Crippen LogP contribution is 2.25. The maximum absolute atomic E-state index is 10.5. The topological polar surface area (TPSA) is 85.0 Å². The molecule has 0 bridgehead atoms. The monoisotopic (exact) mass is 360 g/mol. The average Bonchev–Trinajstić information content (AvgIpc) is 3.20. The van der Waals surface area contributed by atoms with Gasteiger partial charge in [-0.1, -0.05) is 17.3 Å². The highest BCUT2D eigenvalue weighted by molar-refractivity contribution is 5.68. The lowest BCUT2D eigenvalue weighted by Gasteiger charge is -2.15. The summed E-state index contributed by atoms with van der Waals surface area (Å²) in [4.78, 5) is 12.9. The maximum Gasteiger partial charge on any atom is 0.341 e. The molecule has 1 N–H and O–H groups in total. The zero-order chi connectivity index (χ0) is 18.5. The summed E-state index contributed by atoms with van der Waals surface area (Å²) in [5.41, 5.74) is 2.05. The van der Waals surface area contributed by atoms with Crippen LogP contribution in [0.2, 0.25) is 0 Å². The second kappa shape index (κ2) is 8.33. The molecule has 7 heteroatoms. The first-order valence-corrected chi connectivity index (χ1v) is 8.64. The lowest BCUT2D eigenvalue weighted by Crippen LogP contribution is -2.23. The summed E-state index contributed by atoms with van der Waals surface area (Å²) < 4.78 is 16.2. The van der Waals surface area contributed by atoms with Crippen LogP contribution in [0.15, 0.2) is 34.9 Å². The molecule has 0 aliphatic carbocycles. The van der Waals surface area contributed by atoms with Crippen molar-refractivity contribution in [2.75, 3.05) is 26.8 Å². The van der Waals surface area contributed by atoms with Crippen molar-refractivity contribution < 1.29 is 23.9 Å². The Labute approximate surface area is 152 Å². The van der Waals surface area contributed by atoms with Gasteiger partial charge in [-0.2, -0.15) is 0 Å². The van der Waals surface area contributed by atoms with E-state index >= 15 is 0 Å². The molecule has 0 spiro atoms.